The summed E-state index contributed by atoms with van der Waals surface area (Å²) in [5.41, 5.74) is -0.375. The number of rotatable bonds is 0. The van der Waals surface area contributed by atoms with Gasteiger partial charge in [0.05, 0.1) is 11.2 Å². The van der Waals surface area contributed by atoms with Crippen LogP contribution in [0.3, 0.4) is 0 Å². The molecule has 0 unspecified atom stereocenters. The molecule has 1 rings (SSSR count). The molecule has 10 heavy (non-hydrogen) atoms. The van der Waals surface area contributed by atoms with E-state index in [0.29, 0.717) is 0 Å². The van der Waals surface area contributed by atoms with E-state index in [0.717, 1.165) is 0 Å². The average Bonchev–Trinajstić information content (AvgIpc) is 1.81. The predicted octanol–water partition coefficient (Wildman–Crippen LogP) is 1.12. The van der Waals surface area contributed by atoms with E-state index in [1.807, 2.05) is 27.7 Å². The van der Waals surface area contributed by atoms with Gasteiger partial charge in [0.15, 0.2) is 0 Å². The third-order valence-corrected chi connectivity index (χ3v) is 2.14. The maximum absolute atomic E-state index is 5.21. The summed E-state index contributed by atoms with van der Waals surface area (Å²) >= 11 is 0. The first-order chi connectivity index (χ1) is 3.96. The summed E-state index contributed by atoms with van der Waals surface area (Å²) < 4.78 is 10.4. The zero-order valence-corrected chi connectivity index (χ0v) is 9.49. The van der Waals surface area contributed by atoms with E-state index in [-0.39, 0.29) is 31.6 Å². The van der Waals surface area contributed by atoms with Crippen LogP contribution < -0.4 is 0 Å². The molecule has 1 fully saturated rings. The van der Waals surface area contributed by atoms with E-state index in [2.05, 4.69) is 0 Å². The third kappa shape index (κ3) is 1.62. The van der Waals surface area contributed by atoms with E-state index in [1.165, 1.54) is 7.69 Å². The number of hydrogen-bond acceptors (Lipinski definition) is 2. The van der Waals surface area contributed by atoms with Gasteiger partial charge >= 0.3 is 7.69 Å². The van der Waals surface area contributed by atoms with Crippen molar-refractivity contribution in [2.24, 2.45) is 0 Å². The van der Waals surface area contributed by atoms with Crippen LogP contribution in [0.4, 0.5) is 0 Å². The van der Waals surface area contributed by atoms with Crippen molar-refractivity contribution < 1.29 is 29.7 Å². The normalized spacial score (nSPS) is 26.8. The van der Waals surface area contributed by atoms with Crippen molar-refractivity contribution in [3.8, 4) is 0 Å². The molecule has 58 valence electrons. The van der Waals surface area contributed by atoms with Crippen molar-refractivity contribution in [3.63, 3.8) is 0 Å². The van der Waals surface area contributed by atoms with Gasteiger partial charge in [0.1, 0.15) is 0 Å². The predicted molar refractivity (Wildman–Crippen MR) is 36.1 cm³/mol. The molecular weight excluding hydrogens is 301 g/mol. The summed E-state index contributed by atoms with van der Waals surface area (Å²) in [6, 6.07) is 0. The fourth-order valence-corrected chi connectivity index (χ4v) is 0.548. The first kappa shape index (κ1) is 10.6. The maximum Gasteiger partial charge on any atom is 0.488 e. The molecule has 4 heteroatoms. The molecule has 2 radical (unpaired) electrons. The Bertz CT molecular complexity index is 111. The molecule has 0 atom stereocenters. The van der Waals surface area contributed by atoms with Crippen LogP contribution in [0.25, 0.3) is 0 Å². The van der Waals surface area contributed by atoms with Crippen molar-refractivity contribution in [2.45, 2.75) is 38.9 Å². The Balaban J connectivity index is 0.000000810. The van der Waals surface area contributed by atoms with E-state index < -0.39 is 0 Å². The van der Waals surface area contributed by atoms with Gasteiger partial charge < -0.3 is 9.31 Å². The molecular formula is C6H12BO2Re. The molecule has 1 aliphatic heterocycles. The van der Waals surface area contributed by atoms with Gasteiger partial charge in [0.2, 0.25) is 0 Å². The van der Waals surface area contributed by atoms with Crippen molar-refractivity contribution in [1.29, 1.82) is 0 Å². The van der Waals surface area contributed by atoms with Crippen molar-refractivity contribution in [3.05, 3.63) is 0 Å². The van der Waals surface area contributed by atoms with Crippen molar-refractivity contribution in [1.82, 2.24) is 0 Å². The Morgan fingerprint density at radius 3 is 1.30 bits per heavy atom. The second kappa shape index (κ2) is 2.95. The molecule has 0 bridgehead atoms. The first-order valence-corrected chi connectivity index (χ1v) is 3.13. The van der Waals surface area contributed by atoms with Crippen LogP contribution in [0, 0.1) is 0 Å². The standard InChI is InChI=1S/C6H12BO2.Re/c1-5(2)6(3,4)9-7-8-5;/h1-4H3;. The molecule has 0 saturated carbocycles. The minimum Gasteiger partial charge on any atom is -0.405 e. The fraction of sp³-hybridized carbons (Fsp3) is 1.00. The molecule has 1 heterocycles. The summed E-state index contributed by atoms with van der Waals surface area (Å²) in [6.45, 7) is 8.04. The molecule has 1 aliphatic rings. The monoisotopic (exact) mass is 314 g/mol. The summed E-state index contributed by atoms with van der Waals surface area (Å²) in [4.78, 5) is 0. The largest absolute Gasteiger partial charge is 0.488 e. The minimum absolute atomic E-state index is 0. The van der Waals surface area contributed by atoms with Crippen LogP contribution in [0.5, 0.6) is 0 Å². The minimum atomic E-state index is -0.188. The molecule has 0 N–H and O–H groups in total. The smallest absolute Gasteiger partial charge is 0.405 e. The second-order valence-electron chi connectivity index (χ2n) is 3.35. The molecule has 0 aromatic rings. The second-order valence-corrected chi connectivity index (χ2v) is 3.35. The van der Waals surface area contributed by atoms with Gasteiger partial charge in [-0.1, -0.05) is 0 Å². The Morgan fingerprint density at radius 1 is 0.900 bits per heavy atom. The molecule has 1 saturated heterocycles. The van der Waals surface area contributed by atoms with Crippen molar-refractivity contribution >= 4 is 7.69 Å². The summed E-state index contributed by atoms with van der Waals surface area (Å²) in [7, 11) is 1.42. The van der Waals surface area contributed by atoms with Crippen LogP contribution in [0.2, 0.25) is 0 Å². The Labute approximate surface area is 76.6 Å². The maximum atomic E-state index is 5.21. The molecule has 0 amide bonds. The Hall–Kier alpha value is 0.647. The van der Waals surface area contributed by atoms with Gasteiger partial charge in [-0.15, -0.1) is 0 Å². The first-order valence-electron chi connectivity index (χ1n) is 3.13. The fourth-order valence-electron chi connectivity index (χ4n) is 0.548. The summed E-state index contributed by atoms with van der Waals surface area (Å²) in [5.74, 6) is 0. The molecule has 2 nitrogen and oxygen atoms in total. The number of hydrogen-bond donors (Lipinski definition) is 0. The van der Waals surface area contributed by atoms with Crippen LogP contribution in [-0.4, -0.2) is 18.9 Å². The van der Waals surface area contributed by atoms with Crippen molar-refractivity contribution in [2.75, 3.05) is 0 Å². The summed E-state index contributed by atoms with van der Waals surface area (Å²) in [5, 5.41) is 0. The van der Waals surface area contributed by atoms with Gasteiger partial charge in [-0.3, -0.25) is 0 Å². The van der Waals surface area contributed by atoms with E-state index in [4.69, 9.17) is 9.31 Å². The van der Waals surface area contributed by atoms with E-state index in [1.54, 1.807) is 0 Å². The topological polar surface area (TPSA) is 18.5 Å². The molecule has 0 aromatic heterocycles. The van der Waals surface area contributed by atoms with E-state index in [9.17, 15) is 0 Å². The summed E-state index contributed by atoms with van der Waals surface area (Å²) in [6.07, 6.45) is 0. The molecule has 0 aliphatic carbocycles. The average molecular weight is 313 g/mol. The molecule has 0 spiro atoms. The van der Waals surface area contributed by atoms with Crippen LogP contribution >= 0.6 is 0 Å². The quantitative estimate of drug-likeness (QED) is 0.624. The molecule has 0 aromatic carbocycles. The van der Waals surface area contributed by atoms with Gasteiger partial charge in [0, 0.05) is 20.4 Å². The van der Waals surface area contributed by atoms with Crippen LogP contribution in [0.1, 0.15) is 27.7 Å². The van der Waals surface area contributed by atoms with Gasteiger partial charge in [-0.05, 0) is 27.7 Å². The SMILES string of the molecule is CC1(C)O[B]OC1(C)C.[Re]. The zero-order valence-electron chi connectivity index (χ0n) is 6.77. The Morgan fingerprint density at radius 2 is 1.20 bits per heavy atom. The Kier molecular flexibility index (Phi) is 3.14. The third-order valence-electron chi connectivity index (χ3n) is 2.14. The van der Waals surface area contributed by atoms with Gasteiger partial charge in [-0.2, -0.15) is 0 Å². The van der Waals surface area contributed by atoms with Crippen LogP contribution in [0.15, 0.2) is 0 Å². The van der Waals surface area contributed by atoms with Gasteiger partial charge in [0.25, 0.3) is 0 Å². The zero-order chi connectivity index (χ0) is 7.12. The van der Waals surface area contributed by atoms with Gasteiger partial charge in [-0.25, -0.2) is 0 Å². The van der Waals surface area contributed by atoms with E-state index >= 15 is 0 Å². The van der Waals surface area contributed by atoms with Crippen LogP contribution in [-0.2, 0) is 29.7 Å².